The molecular weight excluding hydrogens is 136 g/mol. The van der Waals surface area contributed by atoms with Crippen molar-refractivity contribution < 1.29 is 0 Å². The first kappa shape index (κ1) is 9.01. The molecule has 1 atom stereocenters. The predicted octanol–water partition coefficient (Wildman–Crippen LogP) is 1.33. The molecule has 1 fully saturated rings. The van der Waals surface area contributed by atoms with Crippen molar-refractivity contribution in [3.8, 4) is 0 Å². The SMILES string of the molecule is CCC1CNCNC(C)(C)C1. The normalized spacial score (nSPS) is 31.4. The van der Waals surface area contributed by atoms with Gasteiger partial charge in [0, 0.05) is 12.2 Å². The third-order valence-corrected chi connectivity index (χ3v) is 2.50. The predicted molar refractivity (Wildman–Crippen MR) is 48.5 cm³/mol. The van der Waals surface area contributed by atoms with Crippen LogP contribution < -0.4 is 10.6 Å². The van der Waals surface area contributed by atoms with Crippen molar-refractivity contribution in [1.29, 1.82) is 0 Å². The summed E-state index contributed by atoms with van der Waals surface area (Å²) in [5, 5.41) is 6.87. The summed E-state index contributed by atoms with van der Waals surface area (Å²) in [7, 11) is 0. The summed E-state index contributed by atoms with van der Waals surface area (Å²) in [6.45, 7) is 8.97. The molecule has 2 heteroatoms. The number of hydrogen-bond donors (Lipinski definition) is 2. The van der Waals surface area contributed by atoms with Gasteiger partial charge in [-0.1, -0.05) is 13.3 Å². The topological polar surface area (TPSA) is 24.1 Å². The minimum absolute atomic E-state index is 0.324. The van der Waals surface area contributed by atoms with Crippen LogP contribution >= 0.6 is 0 Å². The van der Waals surface area contributed by atoms with Gasteiger partial charge in [-0.3, -0.25) is 5.32 Å². The Kier molecular flexibility index (Phi) is 2.90. The van der Waals surface area contributed by atoms with Gasteiger partial charge in [-0.2, -0.15) is 0 Å². The zero-order valence-corrected chi connectivity index (χ0v) is 7.91. The van der Waals surface area contributed by atoms with Gasteiger partial charge in [-0.15, -0.1) is 0 Å². The van der Waals surface area contributed by atoms with Gasteiger partial charge >= 0.3 is 0 Å². The summed E-state index contributed by atoms with van der Waals surface area (Å²) in [4.78, 5) is 0. The van der Waals surface area contributed by atoms with E-state index in [1.165, 1.54) is 19.4 Å². The van der Waals surface area contributed by atoms with E-state index >= 15 is 0 Å². The molecule has 1 unspecified atom stereocenters. The molecule has 0 amide bonds. The zero-order chi connectivity index (χ0) is 8.32. The van der Waals surface area contributed by atoms with E-state index in [1.807, 2.05) is 0 Å². The van der Waals surface area contributed by atoms with Crippen molar-refractivity contribution >= 4 is 0 Å². The van der Waals surface area contributed by atoms with Crippen LogP contribution in [0.25, 0.3) is 0 Å². The molecule has 0 aliphatic carbocycles. The summed E-state index contributed by atoms with van der Waals surface area (Å²) in [6.07, 6.45) is 2.58. The molecule has 1 rings (SSSR count). The molecule has 0 aromatic heterocycles. The first-order valence-corrected chi connectivity index (χ1v) is 4.60. The third-order valence-electron chi connectivity index (χ3n) is 2.50. The van der Waals surface area contributed by atoms with E-state index in [0.29, 0.717) is 5.54 Å². The summed E-state index contributed by atoms with van der Waals surface area (Å²) in [5.74, 6) is 0.847. The average molecular weight is 156 g/mol. The fraction of sp³-hybridized carbons (Fsp3) is 1.00. The van der Waals surface area contributed by atoms with Crippen LogP contribution in [0.15, 0.2) is 0 Å². The van der Waals surface area contributed by atoms with Crippen LogP contribution in [-0.4, -0.2) is 18.8 Å². The molecule has 1 heterocycles. The molecular formula is C9H20N2. The highest BCUT2D eigenvalue weighted by atomic mass is 15.1. The first-order chi connectivity index (χ1) is 5.14. The maximum atomic E-state index is 3.47. The Morgan fingerprint density at radius 1 is 1.45 bits per heavy atom. The number of nitrogens with one attached hydrogen (secondary N) is 2. The summed E-state index contributed by atoms with van der Waals surface area (Å²) in [6, 6.07) is 0. The second kappa shape index (κ2) is 3.55. The molecule has 1 aliphatic heterocycles. The van der Waals surface area contributed by atoms with Crippen LogP contribution in [0.4, 0.5) is 0 Å². The Morgan fingerprint density at radius 2 is 2.18 bits per heavy atom. The molecule has 11 heavy (non-hydrogen) atoms. The van der Waals surface area contributed by atoms with Crippen LogP contribution in [0.5, 0.6) is 0 Å². The Bertz CT molecular complexity index is 121. The monoisotopic (exact) mass is 156 g/mol. The minimum Gasteiger partial charge on any atom is -0.304 e. The maximum absolute atomic E-state index is 3.47. The zero-order valence-electron chi connectivity index (χ0n) is 7.91. The van der Waals surface area contributed by atoms with Gasteiger partial charge in [0.1, 0.15) is 0 Å². The van der Waals surface area contributed by atoms with Gasteiger partial charge < -0.3 is 5.32 Å². The highest BCUT2D eigenvalue weighted by Gasteiger charge is 2.23. The van der Waals surface area contributed by atoms with Crippen LogP contribution in [0.1, 0.15) is 33.6 Å². The van der Waals surface area contributed by atoms with Crippen molar-refractivity contribution in [2.75, 3.05) is 13.2 Å². The molecule has 66 valence electrons. The lowest BCUT2D eigenvalue weighted by Crippen LogP contribution is -2.41. The third kappa shape index (κ3) is 2.80. The molecule has 0 aromatic rings. The summed E-state index contributed by atoms with van der Waals surface area (Å²) >= 11 is 0. The molecule has 2 nitrogen and oxygen atoms in total. The van der Waals surface area contributed by atoms with E-state index in [9.17, 15) is 0 Å². The Hall–Kier alpha value is -0.0800. The maximum Gasteiger partial charge on any atom is 0.0458 e. The Balaban J connectivity index is 2.47. The van der Waals surface area contributed by atoms with Crippen molar-refractivity contribution in [3.63, 3.8) is 0 Å². The summed E-state index contributed by atoms with van der Waals surface area (Å²) < 4.78 is 0. The largest absolute Gasteiger partial charge is 0.304 e. The molecule has 0 bridgehead atoms. The molecule has 2 N–H and O–H groups in total. The fourth-order valence-corrected chi connectivity index (χ4v) is 1.73. The van der Waals surface area contributed by atoms with Gasteiger partial charge in [-0.05, 0) is 32.7 Å². The van der Waals surface area contributed by atoms with E-state index in [2.05, 4.69) is 31.4 Å². The lowest BCUT2D eigenvalue weighted by molar-refractivity contribution is 0.330. The lowest BCUT2D eigenvalue weighted by Gasteiger charge is -2.26. The molecule has 0 saturated carbocycles. The first-order valence-electron chi connectivity index (χ1n) is 4.60. The van der Waals surface area contributed by atoms with Crippen LogP contribution in [0.2, 0.25) is 0 Å². The molecule has 0 spiro atoms. The van der Waals surface area contributed by atoms with Gasteiger partial charge in [0.2, 0.25) is 0 Å². The Morgan fingerprint density at radius 3 is 2.82 bits per heavy atom. The molecule has 0 radical (unpaired) electrons. The van der Waals surface area contributed by atoms with Crippen molar-refractivity contribution in [1.82, 2.24) is 10.6 Å². The van der Waals surface area contributed by atoms with Gasteiger partial charge in [0.15, 0.2) is 0 Å². The second-order valence-electron chi connectivity index (χ2n) is 4.17. The van der Waals surface area contributed by atoms with Gasteiger partial charge in [0.05, 0.1) is 0 Å². The van der Waals surface area contributed by atoms with Crippen molar-refractivity contribution in [2.24, 2.45) is 5.92 Å². The van der Waals surface area contributed by atoms with E-state index in [4.69, 9.17) is 0 Å². The second-order valence-corrected chi connectivity index (χ2v) is 4.17. The quantitative estimate of drug-likeness (QED) is 0.598. The van der Waals surface area contributed by atoms with E-state index < -0.39 is 0 Å². The van der Waals surface area contributed by atoms with E-state index in [1.54, 1.807) is 0 Å². The fourth-order valence-electron chi connectivity index (χ4n) is 1.73. The lowest BCUT2D eigenvalue weighted by atomic mass is 9.90. The van der Waals surface area contributed by atoms with Crippen LogP contribution in [0, 0.1) is 5.92 Å². The highest BCUT2D eigenvalue weighted by molar-refractivity contribution is 4.83. The average Bonchev–Trinajstić information content (AvgIpc) is 2.10. The smallest absolute Gasteiger partial charge is 0.0458 e. The van der Waals surface area contributed by atoms with Crippen LogP contribution in [0.3, 0.4) is 0 Å². The van der Waals surface area contributed by atoms with E-state index in [-0.39, 0.29) is 0 Å². The van der Waals surface area contributed by atoms with E-state index in [0.717, 1.165) is 12.6 Å². The van der Waals surface area contributed by atoms with Crippen molar-refractivity contribution in [3.05, 3.63) is 0 Å². The molecule has 1 saturated heterocycles. The Labute approximate surface area is 69.8 Å². The van der Waals surface area contributed by atoms with Crippen LogP contribution in [-0.2, 0) is 0 Å². The van der Waals surface area contributed by atoms with Gasteiger partial charge in [-0.25, -0.2) is 0 Å². The highest BCUT2D eigenvalue weighted by Crippen LogP contribution is 2.19. The number of rotatable bonds is 1. The standard InChI is InChI=1S/C9H20N2/c1-4-8-5-9(2,3)11-7-10-6-8/h8,10-11H,4-7H2,1-3H3. The minimum atomic E-state index is 0.324. The van der Waals surface area contributed by atoms with Crippen molar-refractivity contribution in [2.45, 2.75) is 39.2 Å². The molecule has 0 aromatic carbocycles. The summed E-state index contributed by atoms with van der Waals surface area (Å²) in [5.41, 5.74) is 0.324. The van der Waals surface area contributed by atoms with Gasteiger partial charge in [0.25, 0.3) is 0 Å². The molecule has 1 aliphatic rings. The number of hydrogen-bond acceptors (Lipinski definition) is 2.